The molecule has 0 atom stereocenters. The fourth-order valence-corrected chi connectivity index (χ4v) is 3.91. The number of aromatic amines is 1. The zero-order valence-corrected chi connectivity index (χ0v) is 16.1. The lowest BCUT2D eigenvalue weighted by molar-refractivity contribution is -0.116. The maximum Gasteiger partial charge on any atom is 0.255 e. The zero-order valence-electron chi connectivity index (χ0n) is 15.3. The van der Waals surface area contributed by atoms with E-state index >= 15 is 0 Å². The highest BCUT2D eigenvalue weighted by Crippen LogP contribution is 2.30. The number of hydrogen-bond acceptors (Lipinski definition) is 5. The number of amides is 2. The summed E-state index contributed by atoms with van der Waals surface area (Å²) < 4.78 is 0. The maximum absolute atomic E-state index is 12.5. The minimum Gasteiger partial charge on any atom is -0.322 e. The quantitative estimate of drug-likeness (QED) is 0.649. The van der Waals surface area contributed by atoms with Crippen LogP contribution in [-0.2, 0) is 17.0 Å². The summed E-state index contributed by atoms with van der Waals surface area (Å²) in [6, 6.07) is 13.2. The number of benzene rings is 2. The first-order valence-electron chi connectivity index (χ1n) is 8.89. The van der Waals surface area contributed by atoms with Crippen molar-refractivity contribution < 1.29 is 9.59 Å². The molecule has 142 valence electrons. The van der Waals surface area contributed by atoms with Gasteiger partial charge in [0, 0.05) is 36.2 Å². The van der Waals surface area contributed by atoms with Gasteiger partial charge in [-0.25, -0.2) is 4.98 Å². The number of rotatable bonds is 5. The molecule has 2 amide bonds. The van der Waals surface area contributed by atoms with Crippen LogP contribution in [0.2, 0.25) is 0 Å². The van der Waals surface area contributed by atoms with Gasteiger partial charge in [0.05, 0.1) is 0 Å². The van der Waals surface area contributed by atoms with Crippen molar-refractivity contribution in [2.45, 2.75) is 24.3 Å². The van der Waals surface area contributed by atoms with Crippen LogP contribution in [0.1, 0.15) is 28.4 Å². The van der Waals surface area contributed by atoms with Gasteiger partial charge in [-0.15, -0.1) is 0 Å². The number of aromatic nitrogens is 3. The molecule has 2 heterocycles. The van der Waals surface area contributed by atoms with Crippen molar-refractivity contribution in [2.24, 2.45) is 0 Å². The molecule has 8 heteroatoms. The molecule has 2 aromatic carbocycles. The Balaban J connectivity index is 1.39. The maximum atomic E-state index is 12.5. The molecule has 0 spiro atoms. The number of carbonyl (C=O) groups excluding carboxylic acids is 2. The highest BCUT2D eigenvalue weighted by atomic mass is 32.2. The number of anilines is 2. The topological polar surface area (TPSA) is 91.0 Å². The van der Waals surface area contributed by atoms with Crippen LogP contribution >= 0.6 is 11.8 Å². The van der Waals surface area contributed by atoms with Gasteiger partial charge in [0.25, 0.3) is 5.91 Å². The minimum atomic E-state index is -0.157. The van der Waals surface area contributed by atoms with Gasteiger partial charge in [-0.05, 0) is 47.9 Å². The molecule has 0 bridgehead atoms. The normalized spacial score (nSPS) is 12.7. The van der Waals surface area contributed by atoms with E-state index < -0.39 is 0 Å². The van der Waals surface area contributed by atoms with Crippen LogP contribution in [-0.4, -0.2) is 33.5 Å². The first kappa shape index (κ1) is 18.2. The van der Waals surface area contributed by atoms with Gasteiger partial charge in [0.15, 0.2) is 5.16 Å². The number of nitrogens with one attached hydrogen (secondary N) is 2. The first-order valence-corrected chi connectivity index (χ1v) is 9.88. The van der Waals surface area contributed by atoms with Crippen LogP contribution < -0.4 is 10.2 Å². The molecule has 28 heavy (non-hydrogen) atoms. The number of hydrogen-bond donors (Lipinski definition) is 2. The van der Waals surface area contributed by atoms with Gasteiger partial charge >= 0.3 is 0 Å². The van der Waals surface area contributed by atoms with Gasteiger partial charge in [-0.1, -0.05) is 23.9 Å². The van der Waals surface area contributed by atoms with Gasteiger partial charge in [0.1, 0.15) is 6.33 Å². The van der Waals surface area contributed by atoms with Crippen molar-refractivity contribution in [3.8, 4) is 0 Å². The minimum absolute atomic E-state index is 0.0390. The third-order valence-corrected chi connectivity index (χ3v) is 5.55. The van der Waals surface area contributed by atoms with E-state index in [0.29, 0.717) is 12.1 Å². The Hall–Kier alpha value is -3.13. The Morgan fingerprint density at radius 3 is 2.75 bits per heavy atom. The Bertz CT molecular complexity index is 1000. The van der Waals surface area contributed by atoms with Crippen molar-refractivity contribution in [2.75, 3.05) is 16.8 Å². The molecule has 4 rings (SSSR count). The highest BCUT2D eigenvalue weighted by molar-refractivity contribution is 7.98. The third-order valence-electron chi connectivity index (χ3n) is 4.60. The van der Waals surface area contributed by atoms with E-state index in [-0.39, 0.29) is 11.8 Å². The summed E-state index contributed by atoms with van der Waals surface area (Å²) in [5.41, 5.74) is 4.44. The van der Waals surface area contributed by atoms with E-state index in [1.54, 1.807) is 23.6 Å². The molecule has 0 saturated carbocycles. The van der Waals surface area contributed by atoms with Crippen LogP contribution in [0.4, 0.5) is 11.4 Å². The highest BCUT2D eigenvalue weighted by Gasteiger charge is 2.22. The van der Waals surface area contributed by atoms with Crippen molar-refractivity contribution in [1.29, 1.82) is 0 Å². The smallest absolute Gasteiger partial charge is 0.255 e. The molecule has 1 aliphatic heterocycles. The lowest BCUT2D eigenvalue weighted by atomic mass is 10.1. The number of H-pyrrole nitrogens is 1. The second-order valence-corrected chi connectivity index (χ2v) is 7.46. The molecule has 0 unspecified atom stereocenters. The van der Waals surface area contributed by atoms with E-state index in [1.165, 1.54) is 6.33 Å². The zero-order chi connectivity index (χ0) is 19.5. The number of fused-ring (bicyclic) bond motifs is 1. The fourth-order valence-electron chi connectivity index (χ4n) is 3.18. The van der Waals surface area contributed by atoms with Crippen molar-refractivity contribution >= 4 is 35.0 Å². The molecule has 0 fully saturated rings. The van der Waals surface area contributed by atoms with E-state index in [9.17, 15) is 9.59 Å². The van der Waals surface area contributed by atoms with E-state index in [0.717, 1.165) is 39.8 Å². The SMILES string of the molecule is CC(=O)N1CCc2cc(NC(=O)c3ccc(CSc4ncn[nH]4)cc3)ccc21. The van der Waals surface area contributed by atoms with Crippen LogP contribution in [0.3, 0.4) is 0 Å². The Morgan fingerprint density at radius 1 is 1.21 bits per heavy atom. The molecule has 7 nitrogen and oxygen atoms in total. The van der Waals surface area contributed by atoms with Crippen LogP contribution in [0.5, 0.6) is 0 Å². The average molecular weight is 393 g/mol. The molecule has 2 N–H and O–H groups in total. The summed E-state index contributed by atoms with van der Waals surface area (Å²) in [7, 11) is 0. The Labute approximate surface area is 166 Å². The van der Waals surface area contributed by atoms with Gasteiger partial charge < -0.3 is 10.2 Å². The van der Waals surface area contributed by atoms with Gasteiger partial charge in [0.2, 0.25) is 5.91 Å². The summed E-state index contributed by atoms with van der Waals surface area (Å²) >= 11 is 1.55. The number of thioether (sulfide) groups is 1. The number of nitrogens with zero attached hydrogens (tertiary/aromatic N) is 3. The van der Waals surface area contributed by atoms with E-state index in [1.807, 2.05) is 42.5 Å². The molecular formula is C20H19N5O2S. The second-order valence-electron chi connectivity index (χ2n) is 6.49. The summed E-state index contributed by atoms with van der Waals surface area (Å²) in [4.78, 5) is 30.0. The predicted molar refractivity (Wildman–Crippen MR) is 109 cm³/mol. The third kappa shape index (κ3) is 3.91. The molecule has 3 aromatic rings. The standard InChI is InChI=1S/C20H19N5O2S/c1-13(26)25-9-8-16-10-17(6-7-18(16)25)23-19(27)15-4-2-14(3-5-15)11-28-20-21-12-22-24-20/h2-7,10,12H,8-9,11H2,1H3,(H,23,27)(H,21,22,24). The second kappa shape index (κ2) is 7.85. The molecule has 0 saturated heterocycles. The Kier molecular flexibility index (Phi) is 5.12. The van der Waals surface area contributed by atoms with Crippen LogP contribution in [0.15, 0.2) is 53.9 Å². The molecule has 1 aliphatic rings. The molecule has 0 radical (unpaired) electrons. The fraction of sp³-hybridized carbons (Fsp3) is 0.200. The number of carbonyl (C=O) groups is 2. The lowest BCUT2D eigenvalue weighted by Crippen LogP contribution is -2.25. The molecule has 1 aromatic heterocycles. The largest absolute Gasteiger partial charge is 0.322 e. The molecular weight excluding hydrogens is 374 g/mol. The van der Waals surface area contributed by atoms with Crippen molar-refractivity contribution in [1.82, 2.24) is 15.2 Å². The van der Waals surface area contributed by atoms with E-state index in [4.69, 9.17) is 0 Å². The summed E-state index contributed by atoms with van der Waals surface area (Å²) in [5, 5.41) is 10.3. The summed E-state index contributed by atoms with van der Waals surface area (Å²) in [6.07, 6.45) is 2.28. The van der Waals surface area contributed by atoms with Crippen LogP contribution in [0.25, 0.3) is 0 Å². The summed E-state index contributed by atoms with van der Waals surface area (Å²) in [6.45, 7) is 2.26. The lowest BCUT2D eigenvalue weighted by Gasteiger charge is -2.15. The predicted octanol–water partition coefficient (Wildman–Crippen LogP) is 3.26. The van der Waals surface area contributed by atoms with Gasteiger partial charge in [-0.2, -0.15) is 5.10 Å². The summed E-state index contributed by atoms with van der Waals surface area (Å²) in [5.74, 6) is 0.627. The Morgan fingerprint density at radius 2 is 2.04 bits per heavy atom. The van der Waals surface area contributed by atoms with Gasteiger partial charge in [-0.3, -0.25) is 14.7 Å². The van der Waals surface area contributed by atoms with Crippen molar-refractivity contribution in [3.63, 3.8) is 0 Å². The van der Waals surface area contributed by atoms with Crippen molar-refractivity contribution in [3.05, 3.63) is 65.5 Å². The monoisotopic (exact) mass is 393 g/mol. The van der Waals surface area contributed by atoms with Crippen LogP contribution in [0, 0.1) is 0 Å². The van der Waals surface area contributed by atoms with E-state index in [2.05, 4.69) is 20.5 Å². The first-order chi connectivity index (χ1) is 13.6. The average Bonchev–Trinajstić information content (AvgIpc) is 3.36. The molecule has 0 aliphatic carbocycles.